The molecule has 5 nitrogen and oxygen atoms in total. The van der Waals surface area contributed by atoms with Crippen molar-refractivity contribution in [3.8, 4) is 11.5 Å². The molecule has 3 aromatic carbocycles. The van der Waals surface area contributed by atoms with Gasteiger partial charge in [-0.2, -0.15) is 0 Å². The van der Waals surface area contributed by atoms with Crippen molar-refractivity contribution in [3.05, 3.63) is 84.3 Å². The Hall–Kier alpha value is -3.45. The second-order valence-corrected chi connectivity index (χ2v) is 8.19. The minimum absolute atomic E-state index is 0.142. The topological polar surface area (TPSA) is 52.5 Å². The lowest BCUT2D eigenvalue weighted by atomic mass is 10.2. The summed E-state index contributed by atoms with van der Waals surface area (Å²) < 4.78 is 25.9. The lowest BCUT2D eigenvalue weighted by Gasteiger charge is -2.11. The number of fused-ring (bicyclic) bond motifs is 1. The van der Waals surface area contributed by atoms with E-state index in [-0.39, 0.29) is 17.5 Å². The first kappa shape index (κ1) is 21.8. The van der Waals surface area contributed by atoms with Crippen LogP contribution in [0.4, 0.5) is 10.1 Å². The Labute approximate surface area is 190 Å². The molecule has 1 N–H and O–H groups in total. The molecule has 1 amide bonds. The van der Waals surface area contributed by atoms with Crippen LogP contribution in [0.25, 0.3) is 10.9 Å². The molecular weight excluding hydrogens is 427 g/mol. The van der Waals surface area contributed by atoms with E-state index in [4.69, 9.17) is 9.47 Å². The van der Waals surface area contributed by atoms with Crippen molar-refractivity contribution >= 4 is 34.3 Å². The van der Waals surface area contributed by atoms with E-state index >= 15 is 0 Å². The average Bonchev–Trinajstić information content (AvgIpc) is 3.16. The lowest BCUT2D eigenvalue weighted by molar-refractivity contribution is -0.113. The van der Waals surface area contributed by atoms with Gasteiger partial charge in [-0.05, 0) is 35.9 Å². The summed E-state index contributed by atoms with van der Waals surface area (Å²) in [5, 5.41) is 3.97. The van der Waals surface area contributed by atoms with Crippen LogP contribution in [-0.4, -0.2) is 30.4 Å². The Balaban J connectivity index is 1.50. The summed E-state index contributed by atoms with van der Waals surface area (Å²) in [7, 11) is 3.13. The zero-order chi connectivity index (χ0) is 22.5. The second-order valence-electron chi connectivity index (χ2n) is 7.17. The van der Waals surface area contributed by atoms with Gasteiger partial charge in [-0.1, -0.05) is 30.3 Å². The van der Waals surface area contributed by atoms with E-state index in [1.54, 1.807) is 44.6 Å². The fourth-order valence-electron chi connectivity index (χ4n) is 3.49. The number of nitrogens with one attached hydrogen (secondary N) is 1. The van der Waals surface area contributed by atoms with Gasteiger partial charge in [0.2, 0.25) is 5.91 Å². The van der Waals surface area contributed by atoms with Gasteiger partial charge in [-0.25, -0.2) is 4.39 Å². The highest BCUT2D eigenvalue weighted by molar-refractivity contribution is 8.00. The summed E-state index contributed by atoms with van der Waals surface area (Å²) in [5.74, 6) is 1.06. The summed E-state index contributed by atoms with van der Waals surface area (Å²) in [5.41, 5.74) is 2.64. The fourth-order valence-corrected chi connectivity index (χ4v) is 4.38. The van der Waals surface area contributed by atoms with Gasteiger partial charge in [0.05, 0.1) is 25.7 Å². The molecule has 0 aliphatic heterocycles. The van der Waals surface area contributed by atoms with Crippen LogP contribution in [0.2, 0.25) is 0 Å². The van der Waals surface area contributed by atoms with E-state index in [0.29, 0.717) is 23.7 Å². The van der Waals surface area contributed by atoms with Gasteiger partial charge in [0.15, 0.2) is 0 Å². The number of anilines is 1. The number of carbonyl (C=O) groups excluding carboxylic acids is 1. The van der Waals surface area contributed by atoms with Crippen molar-refractivity contribution in [1.82, 2.24) is 4.57 Å². The molecule has 0 bridgehead atoms. The van der Waals surface area contributed by atoms with E-state index in [1.165, 1.54) is 23.9 Å². The number of benzene rings is 3. The number of rotatable bonds is 8. The summed E-state index contributed by atoms with van der Waals surface area (Å²) in [4.78, 5) is 13.7. The van der Waals surface area contributed by atoms with Crippen LogP contribution in [0.5, 0.6) is 11.5 Å². The quantitative estimate of drug-likeness (QED) is 0.356. The van der Waals surface area contributed by atoms with Gasteiger partial charge >= 0.3 is 0 Å². The first-order valence-corrected chi connectivity index (χ1v) is 11.0. The largest absolute Gasteiger partial charge is 0.497 e. The number of aromatic nitrogens is 1. The molecule has 32 heavy (non-hydrogen) atoms. The molecule has 0 saturated heterocycles. The SMILES string of the molecule is COc1ccc(OC)c(NC(=O)CSc2cn(Cc3ccc(F)cc3)c3ccccc23)c1. The van der Waals surface area contributed by atoms with Crippen LogP contribution in [0.3, 0.4) is 0 Å². The highest BCUT2D eigenvalue weighted by Gasteiger charge is 2.13. The number of halogens is 1. The highest BCUT2D eigenvalue weighted by Crippen LogP contribution is 2.32. The highest BCUT2D eigenvalue weighted by atomic mass is 32.2. The Kier molecular flexibility index (Phi) is 6.66. The fraction of sp³-hybridized carbons (Fsp3) is 0.160. The van der Waals surface area contributed by atoms with Crippen LogP contribution >= 0.6 is 11.8 Å². The normalized spacial score (nSPS) is 10.8. The third-order valence-electron chi connectivity index (χ3n) is 5.06. The molecule has 0 atom stereocenters. The predicted molar refractivity (Wildman–Crippen MR) is 126 cm³/mol. The standard InChI is InChI=1S/C25H23FN2O3S/c1-30-19-11-12-23(31-2)21(13-19)27-25(29)16-32-24-15-28(22-6-4-3-5-20(22)24)14-17-7-9-18(26)10-8-17/h3-13,15H,14,16H2,1-2H3,(H,27,29). The smallest absolute Gasteiger partial charge is 0.234 e. The van der Waals surface area contributed by atoms with Gasteiger partial charge in [0.25, 0.3) is 0 Å². The van der Waals surface area contributed by atoms with E-state index in [2.05, 4.69) is 9.88 Å². The number of hydrogen-bond donors (Lipinski definition) is 1. The van der Waals surface area contributed by atoms with Crippen molar-refractivity contribution in [2.24, 2.45) is 0 Å². The predicted octanol–water partition coefficient (Wildman–Crippen LogP) is 5.58. The minimum atomic E-state index is -0.249. The Morgan fingerprint density at radius 1 is 1.03 bits per heavy atom. The molecule has 7 heteroatoms. The molecule has 0 radical (unpaired) electrons. The van der Waals surface area contributed by atoms with E-state index in [9.17, 15) is 9.18 Å². The molecule has 1 aromatic heterocycles. The zero-order valence-corrected chi connectivity index (χ0v) is 18.6. The van der Waals surface area contributed by atoms with Crippen molar-refractivity contribution in [1.29, 1.82) is 0 Å². The summed E-state index contributed by atoms with van der Waals surface area (Å²) in [6.45, 7) is 0.620. The van der Waals surface area contributed by atoms with E-state index in [0.717, 1.165) is 21.4 Å². The molecule has 0 unspecified atom stereocenters. The Morgan fingerprint density at radius 2 is 1.81 bits per heavy atom. The number of methoxy groups -OCH3 is 2. The molecule has 0 aliphatic carbocycles. The number of para-hydroxylation sites is 1. The molecule has 1 heterocycles. The van der Waals surface area contributed by atoms with Crippen molar-refractivity contribution in [2.75, 3.05) is 25.3 Å². The van der Waals surface area contributed by atoms with Gasteiger partial charge in [-0.3, -0.25) is 4.79 Å². The maximum absolute atomic E-state index is 13.2. The van der Waals surface area contributed by atoms with Crippen molar-refractivity contribution < 1.29 is 18.7 Å². The summed E-state index contributed by atoms with van der Waals surface area (Å²) in [6.07, 6.45) is 2.04. The van der Waals surface area contributed by atoms with Gasteiger partial charge in [-0.15, -0.1) is 11.8 Å². The third kappa shape index (κ3) is 4.89. The molecular formula is C25H23FN2O3S. The molecule has 4 aromatic rings. The van der Waals surface area contributed by atoms with Crippen molar-refractivity contribution in [2.45, 2.75) is 11.4 Å². The van der Waals surface area contributed by atoms with Gasteiger partial charge in [0.1, 0.15) is 17.3 Å². The Morgan fingerprint density at radius 3 is 2.56 bits per heavy atom. The van der Waals surface area contributed by atoms with Crippen LogP contribution in [-0.2, 0) is 11.3 Å². The lowest BCUT2D eigenvalue weighted by Crippen LogP contribution is -2.14. The summed E-state index contributed by atoms with van der Waals surface area (Å²) in [6, 6.07) is 19.8. The molecule has 0 saturated carbocycles. The van der Waals surface area contributed by atoms with Crippen LogP contribution < -0.4 is 14.8 Å². The number of amides is 1. The number of carbonyl (C=O) groups is 1. The summed E-state index contributed by atoms with van der Waals surface area (Å²) >= 11 is 1.47. The number of hydrogen-bond acceptors (Lipinski definition) is 4. The first-order valence-electron chi connectivity index (χ1n) is 10.0. The number of thioether (sulfide) groups is 1. The molecule has 0 fully saturated rings. The minimum Gasteiger partial charge on any atom is -0.497 e. The number of nitrogens with zero attached hydrogens (tertiary/aromatic N) is 1. The Bertz CT molecular complexity index is 1240. The second kappa shape index (κ2) is 9.78. The maximum atomic E-state index is 13.2. The molecule has 0 aliphatic rings. The maximum Gasteiger partial charge on any atom is 0.234 e. The third-order valence-corrected chi connectivity index (χ3v) is 6.10. The van der Waals surface area contributed by atoms with Crippen molar-refractivity contribution in [3.63, 3.8) is 0 Å². The average molecular weight is 451 g/mol. The molecule has 0 spiro atoms. The van der Waals surface area contributed by atoms with E-state index < -0.39 is 0 Å². The first-order chi connectivity index (χ1) is 15.6. The molecule has 4 rings (SSSR count). The van der Waals surface area contributed by atoms with E-state index in [1.807, 2.05) is 30.5 Å². The zero-order valence-electron chi connectivity index (χ0n) is 17.8. The van der Waals surface area contributed by atoms with Crippen LogP contribution in [0, 0.1) is 5.82 Å². The monoisotopic (exact) mass is 450 g/mol. The number of ether oxygens (including phenoxy) is 2. The van der Waals surface area contributed by atoms with Crippen LogP contribution in [0.1, 0.15) is 5.56 Å². The van der Waals surface area contributed by atoms with Crippen LogP contribution in [0.15, 0.2) is 77.8 Å². The van der Waals surface area contributed by atoms with Gasteiger partial charge in [0, 0.05) is 34.6 Å². The molecule has 164 valence electrons. The van der Waals surface area contributed by atoms with Gasteiger partial charge < -0.3 is 19.4 Å².